The van der Waals surface area contributed by atoms with Crippen LogP contribution in [0.1, 0.15) is 66.4 Å². The highest BCUT2D eigenvalue weighted by molar-refractivity contribution is 5.94. The largest absolute Gasteiger partial charge is 0.491 e. The topological polar surface area (TPSA) is 87.9 Å². The van der Waals surface area contributed by atoms with Crippen molar-refractivity contribution < 1.29 is 18.8 Å². The number of piperidine rings is 1. The Balaban J connectivity index is 1.45. The van der Waals surface area contributed by atoms with Gasteiger partial charge < -0.3 is 24.4 Å². The summed E-state index contributed by atoms with van der Waals surface area (Å²) in [5.74, 6) is 1.56. The number of rotatable bonds is 3. The molecule has 0 saturated carbocycles. The number of hydrogen-bond acceptors (Lipinski definition) is 6. The molecule has 1 spiro atoms. The summed E-state index contributed by atoms with van der Waals surface area (Å²) in [5.41, 5.74) is 1.98. The normalized spacial score (nSPS) is 21.0. The molecule has 4 rings (SSSR count). The van der Waals surface area contributed by atoms with Gasteiger partial charge in [-0.3, -0.25) is 9.59 Å². The minimum Gasteiger partial charge on any atom is -0.491 e. The average molecular weight is 483 g/mol. The SMILES string of the molecule is Cc1onc(C(=O)N2CCC3(CCCCc4ccccc4OC[C@@H](C)NC3=O)CC2)c1CN(C)C. The molecule has 8 heteroatoms. The fourth-order valence-corrected chi connectivity index (χ4v) is 5.20. The molecule has 1 atom stereocenters. The molecule has 1 N–H and O–H groups in total. The number of nitrogens with zero attached hydrogens (tertiary/aromatic N) is 3. The lowest BCUT2D eigenvalue weighted by molar-refractivity contribution is -0.135. The van der Waals surface area contributed by atoms with Crippen LogP contribution in [0.2, 0.25) is 0 Å². The van der Waals surface area contributed by atoms with Crippen LogP contribution in [-0.2, 0) is 17.8 Å². The minimum atomic E-state index is -0.462. The molecular weight excluding hydrogens is 444 g/mol. The Hall–Kier alpha value is -2.87. The Labute approximate surface area is 208 Å². The number of hydrogen-bond donors (Lipinski definition) is 1. The Morgan fingerprint density at radius 3 is 2.69 bits per heavy atom. The first-order valence-corrected chi connectivity index (χ1v) is 12.7. The van der Waals surface area contributed by atoms with Gasteiger partial charge in [0.2, 0.25) is 5.91 Å². The zero-order valence-corrected chi connectivity index (χ0v) is 21.4. The average Bonchev–Trinajstić information content (AvgIpc) is 3.19. The molecule has 0 aliphatic carbocycles. The second-order valence-corrected chi connectivity index (χ2v) is 10.4. The monoisotopic (exact) mass is 482 g/mol. The van der Waals surface area contributed by atoms with Gasteiger partial charge in [-0.2, -0.15) is 0 Å². The van der Waals surface area contributed by atoms with Gasteiger partial charge in [0.05, 0.1) is 11.5 Å². The predicted molar refractivity (Wildman–Crippen MR) is 133 cm³/mol. The quantitative estimate of drug-likeness (QED) is 0.720. The number of aryl methyl sites for hydroxylation is 2. The van der Waals surface area contributed by atoms with Gasteiger partial charge in [0, 0.05) is 25.2 Å². The highest BCUT2D eigenvalue weighted by Gasteiger charge is 2.43. The summed E-state index contributed by atoms with van der Waals surface area (Å²) in [5, 5.41) is 7.27. The van der Waals surface area contributed by atoms with Crippen molar-refractivity contribution in [3.05, 3.63) is 46.8 Å². The third kappa shape index (κ3) is 5.69. The lowest BCUT2D eigenvalue weighted by Gasteiger charge is -2.41. The van der Waals surface area contributed by atoms with E-state index in [1.165, 1.54) is 5.56 Å². The van der Waals surface area contributed by atoms with Gasteiger partial charge in [-0.1, -0.05) is 29.8 Å². The maximum Gasteiger partial charge on any atom is 0.276 e. The number of benzene rings is 1. The molecule has 2 aliphatic rings. The predicted octanol–water partition coefficient (Wildman–Crippen LogP) is 3.58. The second kappa shape index (κ2) is 10.8. The van der Waals surface area contributed by atoms with Crippen LogP contribution in [0.15, 0.2) is 28.8 Å². The Morgan fingerprint density at radius 2 is 1.94 bits per heavy atom. The summed E-state index contributed by atoms with van der Waals surface area (Å²) < 4.78 is 11.4. The molecule has 0 bridgehead atoms. The number of fused-ring (bicyclic) bond motifs is 1. The van der Waals surface area contributed by atoms with E-state index < -0.39 is 5.41 Å². The third-order valence-electron chi connectivity index (χ3n) is 7.34. The van der Waals surface area contributed by atoms with Crippen LogP contribution < -0.4 is 10.1 Å². The van der Waals surface area contributed by atoms with Crippen LogP contribution in [0.3, 0.4) is 0 Å². The Bertz CT molecular complexity index is 1040. The number of carbonyl (C=O) groups excluding carboxylic acids is 2. The summed E-state index contributed by atoms with van der Waals surface area (Å²) in [6.07, 6.45) is 5.01. The minimum absolute atomic E-state index is 0.0835. The molecular formula is C27H38N4O4. The molecule has 2 amide bonds. The van der Waals surface area contributed by atoms with Gasteiger partial charge in [0.1, 0.15) is 18.1 Å². The molecule has 1 aromatic carbocycles. The van der Waals surface area contributed by atoms with E-state index >= 15 is 0 Å². The number of likely N-dealkylation sites (tertiary alicyclic amines) is 1. The summed E-state index contributed by atoms with van der Waals surface area (Å²) >= 11 is 0. The van der Waals surface area contributed by atoms with Crippen LogP contribution in [0.4, 0.5) is 0 Å². The summed E-state index contributed by atoms with van der Waals surface area (Å²) in [7, 11) is 3.91. The van der Waals surface area contributed by atoms with E-state index in [2.05, 4.69) is 16.5 Å². The standard InChI is InChI=1S/C27H38N4O4/c1-19-18-34-23-11-6-5-9-21(23)10-7-8-12-27(26(33)28-19)13-15-31(16-14-27)25(32)24-22(17-30(3)4)20(2)35-29-24/h5-6,9,11,19H,7-8,10,12-18H2,1-4H3,(H,28,33)/t19-/m1/s1. The highest BCUT2D eigenvalue weighted by Crippen LogP contribution is 2.38. The Kier molecular flexibility index (Phi) is 7.79. The second-order valence-electron chi connectivity index (χ2n) is 10.4. The van der Waals surface area contributed by atoms with Crippen molar-refractivity contribution in [1.29, 1.82) is 0 Å². The molecule has 2 aliphatic heterocycles. The lowest BCUT2D eigenvalue weighted by atomic mass is 9.73. The van der Waals surface area contributed by atoms with Crippen molar-refractivity contribution in [3.63, 3.8) is 0 Å². The molecule has 1 saturated heterocycles. The molecule has 0 unspecified atom stereocenters. The highest BCUT2D eigenvalue weighted by atomic mass is 16.5. The van der Waals surface area contributed by atoms with Crippen molar-refractivity contribution in [2.24, 2.45) is 5.41 Å². The number of ether oxygens (including phenoxy) is 1. The molecule has 3 heterocycles. The van der Waals surface area contributed by atoms with Crippen molar-refractivity contribution in [3.8, 4) is 5.75 Å². The van der Waals surface area contributed by atoms with Gasteiger partial charge in [0.15, 0.2) is 5.69 Å². The van der Waals surface area contributed by atoms with E-state index in [1.54, 1.807) is 0 Å². The number of amides is 2. The van der Waals surface area contributed by atoms with Gasteiger partial charge in [-0.25, -0.2) is 0 Å². The van der Waals surface area contributed by atoms with Crippen LogP contribution in [0.25, 0.3) is 0 Å². The number of carbonyl (C=O) groups is 2. The van der Waals surface area contributed by atoms with E-state index in [0.29, 0.717) is 50.5 Å². The molecule has 1 fully saturated rings. The fourth-order valence-electron chi connectivity index (χ4n) is 5.20. The summed E-state index contributed by atoms with van der Waals surface area (Å²) in [4.78, 5) is 30.6. The summed E-state index contributed by atoms with van der Waals surface area (Å²) in [6.45, 7) is 5.92. The van der Waals surface area contributed by atoms with Gasteiger partial charge in [-0.05, 0) is 71.7 Å². The first kappa shape index (κ1) is 25.2. The van der Waals surface area contributed by atoms with Crippen LogP contribution in [0.5, 0.6) is 5.75 Å². The zero-order chi connectivity index (χ0) is 25.0. The van der Waals surface area contributed by atoms with Gasteiger partial charge in [0.25, 0.3) is 5.91 Å². The van der Waals surface area contributed by atoms with Crippen LogP contribution in [-0.4, -0.2) is 66.6 Å². The van der Waals surface area contributed by atoms with E-state index in [9.17, 15) is 9.59 Å². The van der Waals surface area contributed by atoms with E-state index in [4.69, 9.17) is 9.26 Å². The smallest absolute Gasteiger partial charge is 0.276 e. The molecule has 8 nitrogen and oxygen atoms in total. The number of nitrogens with one attached hydrogen (secondary N) is 1. The summed E-state index contributed by atoms with van der Waals surface area (Å²) in [6, 6.07) is 8.07. The first-order chi connectivity index (χ1) is 16.8. The molecule has 2 aromatic rings. The molecule has 0 radical (unpaired) electrons. The van der Waals surface area contributed by atoms with Crippen LogP contribution >= 0.6 is 0 Å². The lowest BCUT2D eigenvalue weighted by Crippen LogP contribution is -2.52. The van der Waals surface area contributed by atoms with E-state index in [0.717, 1.165) is 37.0 Å². The fraction of sp³-hybridized carbons (Fsp3) is 0.593. The van der Waals surface area contributed by atoms with Crippen molar-refractivity contribution in [2.45, 2.75) is 65.0 Å². The molecule has 35 heavy (non-hydrogen) atoms. The van der Waals surface area contributed by atoms with E-state index in [1.807, 2.05) is 55.9 Å². The van der Waals surface area contributed by atoms with Crippen molar-refractivity contribution >= 4 is 11.8 Å². The van der Waals surface area contributed by atoms with Gasteiger partial charge in [-0.15, -0.1) is 0 Å². The number of aromatic nitrogens is 1. The van der Waals surface area contributed by atoms with Crippen LogP contribution in [0, 0.1) is 12.3 Å². The maximum absolute atomic E-state index is 13.5. The maximum atomic E-state index is 13.5. The van der Waals surface area contributed by atoms with Crippen molar-refractivity contribution in [1.82, 2.24) is 20.3 Å². The third-order valence-corrected chi connectivity index (χ3v) is 7.34. The van der Waals surface area contributed by atoms with Crippen molar-refractivity contribution in [2.75, 3.05) is 33.8 Å². The molecule has 1 aromatic heterocycles. The zero-order valence-electron chi connectivity index (χ0n) is 21.4. The Morgan fingerprint density at radius 1 is 1.20 bits per heavy atom. The first-order valence-electron chi connectivity index (χ1n) is 12.7. The molecule has 190 valence electrons. The van der Waals surface area contributed by atoms with Gasteiger partial charge >= 0.3 is 0 Å². The number of para-hydroxylation sites is 1. The van der Waals surface area contributed by atoms with E-state index in [-0.39, 0.29) is 17.9 Å².